The summed E-state index contributed by atoms with van der Waals surface area (Å²) < 4.78 is 25.0. The van der Waals surface area contributed by atoms with Crippen LogP contribution in [0.15, 0.2) is 0 Å². The lowest BCUT2D eigenvalue weighted by Crippen LogP contribution is -2.34. The third-order valence-electron chi connectivity index (χ3n) is 1.86. The van der Waals surface area contributed by atoms with E-state index in [9.17, 15) is 8.42 Å². The van der Waals surface area contributed by atoms with Crippen LogP contribution >= 0.6 is 0 Å². The van der Waals surface area contributed by atoms with Crippen LogP contribution in [0.1, 0.15) is 27.2 Å². The third kappa shape index (κ3) is 6.44. The first kappa shape index (κ1) is 14.4. The van der Waals surface area contributed by atoms with Crippen LogP contribution in [-0.4, -0.2) is 32.8 Å². The Labute approximate surface area is 91.9 Å². The molecular weight excluding hydrogens is 214 g/mol. The lowest BCUT2D eigenvalue weighted by atomic mass is 10.3. The Bertz CT molecular complexity index is 306. The molecule has 0 radical (unpaired) electrons. The minimum Gasteiger partial charge on any atom is -0.314 e. The highest BCUT2D eigenvalue weighted by Crippen LogP contribution is 1.95. The van der Waals surface area contributed by atoms with Crippen LogP contribution in [0, 0.1) is 11.3 Å². The van der Waals surface area contributed by atoms with Crippen LogP contribution in [0.4, 0.5) is 0 Å². The molecule has 5 nitrogen and oxygen atoms in total. The van der Waals surface area contributed by atoms with Gasteiger partial charge in [-0.1, -0.05) is 13.8 Å². The van der Waals surface area contributed by atoms with Gasteiger partial charge in [0, 0.05) is 12.6 Å². The maximum absolute atomic E-state index is 11.3. The molecule has 0 rings (SSSR count). The van der Waals surface area contributed by atoms with Crippen molar-refractivity contribution in [2.75, 3.05) is 13.1 Å². The molecule has 0 bridgehead atoms. The quantitative estimate of drug-likeness (QED) is 0.616. The van der Waals surface area contributed by atoms with Gasteiger partial charge in [0.1, 0.15) is 0 Å². The monoisotopic (exact) mass is 233 g/mol. The van der Waals surface area contributed by atoms with Crippen LogP contribution < -0.4 is 10.0 Å². The zero-order valence-electron chi connectivity index (χ0n) is 9.45. The van der Waals surface area contributed by atoms with Crippen molar-refractivity contribution < 1.29 is 8.42 Å². The molecule has 2 N–H and O–H groups in total. The van der Waals surface area contributed by atoms with Crippen molar-refractivity contribution >= 4 is 10.0 Å². The van der Waals surface area contributed by atoms with Gasteiger partial charge in [-0.3, -0.25) is 0 Å². The molecule has 0 aromatic carbocycles. The van der Waals surface area contributed by atoms with E-state index in [0.717, 1.165) is 13.0 Å². The van der Waals surface area contributed by atoms with Crippen LogP contribution in [0.3, 0.4) is 0 Å². The van der Waals surface area contributed by atoms with Crippen LogP contribution in [0.2, 0.25) is 0 Å². The number of nitrogens with one attached hydrogen (secondary N) is 2. The van der Waals surface area contributed by atoms with Crippen molar-refractivity contribution in [1.29, 1.82) is 5.26 Å². The number of rotatable bonds is 7. The fraction of sp³-hybridized carbons (Fsp3) is 0.889. The Hall–Kier alpha value is -0.640. The molecule has 0 saturated carbocycles. The molecule has 0 aliphatic rings. The second-order valence-corrected chi connectivity index (χ2v) is 5.76. The predicted molar refractivity (Wildman–Crippen MR) is 59.8 cm³/mol. The summed E-state index contributed by atoms with van der Waals surface area (Å²) >= 11 is 0. The number of nitrogens with zero attached hydrogens (tertiary/aromatic N) is 1. The summed E-state index contributed by atoms with van der Waals surface area (Å²) in [4.78, 5) is 0. The molecule has 0 spiro atoms. The van der Waals surface area contributed by atoms with Crippen molar-refractivity contribution in [1.82, 2.24) is 10.0 Å². The molecule has 0 saturated heterocycles. The van der Waals surface area contributed by atoms with Gasteiger partial charge in [0.2, 0.25) is 10.0 Å². The summed E-state index contributed by atoms with van der Waals surface area (Å²) in [6.45, 7) is 6.56. The van der Waals surface area contributed by atoms with E-state index in [1.807, 2.05) is 13.8 Å². The van der Waals surface area contributed by atoms with Gasteiger partial charge < -0.3 is 5.32 Å². The van der Waals surface area contributed by atoms with Gasteiger partial charge in [-0.2, -0.15) is 5.26 Å². The summed E-state index contributed by atoms with van der Waals surface area (Å²) in [5, 5.41) is 10.6. The zero-order chi connectivity index (χ0) is 11.9. The molecule has 6 heteroatoms. The number of hydrogen-bond acceptors (Lipinski definition) is 4. The topological polar surface area (TPSA) is 82.0 Å². The fourth-order valence-corrected chi connectivity index (χ4v) is 1.71. The largest absolute Gasteiger partial charge is 0.314 e. The average molecular weight is 233 g/mol. The Morgan fingerprint density at radius 2 is 1.87 bits per heavy atom. The van der Waals surface area contributed by atoms with Crippen LogP contribution in [0.5, 0.6) is 0 Å². The van der Waals surface area contributed by atoms with E-state index in [4.69, 9.17) is 5.26 Å². The highest BCUT2D eigenvalue weighted by atomic mass is 32.2. The van der Waals surface area contributed by atoms with E-state index in [2.05, 4.69) is 10.0 Å². The molecule has 0 aliphatic heterocycles. The molecule has 0 aliphatic carbocycles. The molecule has 0 aromatic heterocycles. The maximum atomic E-state index is 11.3. The molecule has 1 unspecified atom stereocenters. The molecule has 0 heterocycles. The highest BCUT2D eigenvalue weighted by molar-refractivity contribution is 7.90. The van der Waals surface area contributed by atoms with Crippen molar-refractivity contribution in [3.63, 3.8) is 0 Å². The van der Waals surface area contributed by atoms with Gasteiger partial charge in [0.25, 0.3) is 0 Å². The second kappa shape index (κ2) is 6.77. The van der Waals surface area contributed by atoms with Gasteiger partial charge in [-0.25, -0.2) is 13.1 Å². The standard InChI is InChI=1S/C9H19N3O2S/c1-8(2)11-5-4-6-12-15(13,14)9(3)7-10/h8-9,11-12H,4-6H2,1-3H3. The third-order valence-corrected chi connectivity index (χ3v) is 3.50. The number of sulfonamides is 1. The highest BCUT2D eigenvalue weighted by Gasteiger charge is 2.18. The minimum absolute atomic E-state index is 0.369. The Morgan fingerprint density at radius 1 is 1.27 bits per heavy atom. The number of nitriles is 1. The molecule has 0 fully saturated rings. The minimum atomic E-state index is -3.45. The molecular formula is C9H19N3O2S. The van der Waals surface area contributed by atoms with Crippen LogP contribution in [0.25, 0.3) is 0 Å². The fourth-order valence-electron chi connectivity index (χ4n) is 0.888. The first-order valence-electron chi connectivity index (χ1n) is 5.01. The van der Waals surface area contributed by atoms with E-state index >= 15 is 0 Å². The lowest BCUT2D eigenvalue weighted by Gasteiger charge is -2.09. The average Bonchev–Trinajstić information content (AvgIpc) is 2.15. The molecule has 0 aromatic rings. The van der Waals surface area contributed by atoms with E-state index in [1.54, 1.807) is 6.07 Å². The second-order valence-electron chi connectivity index (χ2n) is 3.67. The first-order valence-corrected chi connectivity index (χ1v) is 6.56. The number of hydrogen-bond donors (Lipinski definition) is 2. The van der Waals surface area contributed by atoms with Gasteiger partial charge >= 0.3 is 0 Å². The van der Waals surface area contributed by atoms with E-state index < -0.39 is 15.3 Å². The molecule has 15 heavy (non-hydrogen) atoms. The van der Waals surface area contributed by atoms with Gasteiger partial charge in [-0.15, -0.1) is 0 Å². The Morgan fingerprint density at radius 3 is 2.33 bits per heavy atom. The maximum Gasteiger partial charge on any atom is 0.227 e. The van der Waals surface area contributed by atoms with Crippen LogP contribution in [-0.2, 0) is 10.0 Å². The summed E-state index contributed by atoms with van der Waals surface area (Å²) in [7, 11) is -3.45. The van der Waals surface area contributed by atoms with Gasteiger partial charge in [0.15, 0.2) is 5.25 Å². The van der Waals surface area contributed by atoms with E-state index in [0.29, 0.717) is 12.6 Å². The normalized spacial score (nSPS) is 13.8. The van der Waals surface area contributed by atoms with Crippen molar-refractivity contribution in [3.8, 4) is 6.07 Å². The van der Waals surface area contributed by atoms with Crippen molar-refractivity contribution in [2.24, 2.45) is 0 Å². The first-order chi connectivity index (χ1) is 6.90. The van der Waals surface area contributed by atoms with Crippen molar-refractivity contribution in [2.45, 2.75) is 38.5 Å². The zero-order valence-corrected chi connectivity index (χ0v) is 10.3. The summed E-state index contributed by atoms with van der Waals surface area (Å²) in [6.07, 6.45) is 0.718. The lowest BCUT2D eigenvalue weighted by molar-refractivity contribution is 0.552. The van der Waals surface area contributed by atoms with Crippen molar-refractivity contribution in [3.05, 3.63) is 0 Å². The summed E-state index contributed by atoms with van der Waals surface area (Å²) in [6, 6.07) is 2.10. The Balaban J connectivity index is 3.74. The SMILES string of the molecule is CC(C)NCCCNS(=O)(=O)C(C)C#N. The molecule has 0 amide bonds. The molecule has 88 valence electrons. The summed E-state index contributed by atoms with van der Waals surface area (Å²) in [5.74, 6) is 0. The molecule has 1 atom stereocenters. The van der Waals surface area contributed by atoms with Gasteiger partial charge in [0.05, 0.1) is 6.07 Å². The van der Waals surface area contributed by atoms with E-state index in [1.165, 1.54) is 6.92 Å². The summed E-state index contributed by atoms with van der Waals surface area (Å²) in [5.41, 5.74) is 0. The van der Waals surface area contributed by atoms with E-state index in [-0.39, 0.29) is 0 Å². The smallest absolute Gasteiger partial charge is 0.227 e. The Kier molecular flexibility index (Phi) is 6.48. The van der Waals surface area contributed by atoms with Gasteiger partial charge in [-0.05, 0) is 19.9 Å². The predicted octanol–water partition coefficient (Wildman–Crippen LogP) is 0.206.